The molecule has 5 heteroatoms. The van der Waals surface area contributed by atoms with E-state index in [0.29, 0.717) is 42.9 Å². The van der Waals surface area contributed by atoms with Crippen LogP contribution in [0.2, 0.25) is 0 Å². The lowest BCUT2D eigenvalue weighted by molar-refractivity contribution is 0.0646. The minimum Gasteiger partial charge on any atom is -0.486 e. The summed E-state index contributed by atoms with van der Waals surface area (Å²) in [6, 6.07) is 5.85. The predicted molar refractivity (Wildman–Crippen MR) is 80.0 cm³/mol. The fourth-order valence-corrected chi connectivity index (χ4v) is 3.08. The van der Waals surface area contributed by atoms with Gasteiger partial charge in [-0.05, 0) is 45.0 Å². The number of fused-ring (bicyclic) bond motifs is 1. The Morgan fingerprint density at radius 3 is 2.81 bits per heavy atom. The van der Waals surface area contributed by atoms with Crippen molar-refractivity contribution in [2.45, 2.75) is 25.8 Å². The van der Waals surface area contributed by atoms with Crippen molar-refractivity contribution in [2.24, 2.45) is 0 Å². The van der Waals surface area contributed by atoms with Gasteiger partial charge in [0.1, 0.15) is 13.2 Å². The van der Waals surface area contributed by atoms with Crippen molar-refractivity contribution in [1.82, 2.24) is 10.2 Å². The van der Waals surface area contributed by atoms with Gasteiger partial charge in [0.05, 0.1) is 5.56 Å². The summed E-state index contributed by atoms with van der Waals surface area (Å²) in [6.45, 7) is 5.73. The Hall–Kier alpha value is -1.75. The van der Waals surface area contributed by atoms with Gasteiger partial charge in [0.15, 0.2) is 11.5 Å². The van der Waals surface area contributed by atoms with Crippen LogP contribution in [-0.4, -0.2) is 49.7 Å². The third-order valence-electron chi connectivity index (χ3n) is 4.15. The van der Waals surface area contributed by atoms with E-state index in [9.17, 15) is 4.79 Å². The lowest BCUT2D eigenvalue weighted by atomic mass is 10.0. The van der Waals surface area contributed by atoms with Crippen LogP contribution in [0.4, 0.5) is 0 Å². The lowest BCUT2D eigenvalue weighted by Crippen LogP contribution is -2.46. The maximum absolute atomic E-state index is 12.9. The molecule has 0 atom stereocenters. The molecule has 1 fully saturated rings. The highest BCUT2D eigenvalue weighted by Gasteiger charge is 2.28. The van der Waals surface area contributed by atoms with Gasteiger partial charge >= 0.3 is 0 Å². The van der Waals surface area contributed by atoms with Gasteiger partial charge in [-0.3, -0.25) is 4.79 Å². The molecular weight excluding hydrogens is 268 g/mol. The van der Waals surface area contributed by atoms with Gasteiger partial charge in [-0.15, -0.1) is 0 Å². The Bertz CT molecular complexity index is 512. The minimum atomic E-state index is 0.0479. The molecule has 21 heavy (non-hydrogen) atoms. The van der Waals surface area contributed by atoms with E-state index in [4.69, 9.17) is 9.47 Å². The van der Waals surface area contributed by atoms with E-state index in [1.54, 1.807) is 0 Å². The van der Waals surface area contributed by atoms with E-state index in [2.05, 4.69) is 5.32 Å². The van der Waals surface area contributed by atoms with Crippen molar-refractivity contribution in [3.63, 3.8) is 0 Å². The maximum atomic E-state index is 12.9. The van der Waals surface area contributed by atoms with E-state index >= 15 is 0 Å². The van der Waals surface area contributed by atoms with E-state index in [1.165, 1.54) is 0 Å². The summed E-state index contributed by atoms with van der Waals surface area (Å²) >= 11 is 0. The second-order valence-electron chi connectivity index (χ2n) is 5.40. The average molecular weight is 290 g/mol. The smallest absolute Gasteiger partial charge is 0.258 e. The first kappa shape index (κ1) is 14.2. The highest BCUT2D eigenvalue weighted by Crippen LogP contribution is 2.34. The predicted octanol–water partition coefficient (Wildman–Crippen LogP) is 1.67. The zero-order chi connectivity index (χ0) is 14.7. The van der Waals surface area contributed by atoms with Gasteiger partial charge in [0.2, 0.25) is 0 Å². The molecule has 0 spiro atoms. The zero-order valence-corrected chi connectivity index (χ0v) is 12.4. The van der Waals surface area contributed by atoms with Crippen LogP contribution in [-0.2, 0) is 0 Å². The highest BCUT2D eigenvalue weighted by atomic mass is 16.6. The van der Waals surface area contributed by atoms with Crippen molar-refractivity contribution in [3.8, 4) is 11.5 Å². The third kappa shape index (κ3) is 2.83. The summed E-state index contributed by atoms with van der Waals surface area (Å²) in [5.41, 5.74) is 0.618. The fraction of sp³-hybridized carbons (Fsp3) is 0.562. The number of amides is 1. The first-order valence-electron chi connectivity index (χ1n) is 7.71. The van der Waals surface area contributed by atoms with Crippen molar-refractivity contribution in [3.05, 3.63) is 23.8 Å². The van der Waals surface area contributed by atoms with Crippen LogP contribution in [0.15, 0.2) is 18.2 Å². The standard InChI is InChI=1S/C16H22N2O3/c1-2-18(12-6-8-17-9-7-12)16(19)13-4-3-5-14-15(13)21-11-10-20-14/h3-5,12,17H,2,6-11H2,1H3. The van der Waals surface area contributed by atoms with Crippen LogP contribution < -0.4 is 14.8 Å². The summed E-state index contributed by atoms with van der Waals surface area (Å²) in [7, 11) is 0. The Labute approximate surface area is 125 Å². The molecule has 1 aromatic rings. The minimum absolute atomic E-state index is 0.0479. The number of hydrogen-bond donors (Lipinski definition) is 1. The SMILES string of the molecule is CCN(C(=O)c1cccc2c1OCCO2)C1CCNCC1. The number of carbonyl (C=O) groups is 1. The van der Waals surface area contributed by atoms with Gasteiger partial charge in [0, 0.05) is 12.6 Å². The molecule has 1 amide bonds. The molecule has 2 aliphatic heterocycles. The highest BCUT2D eigenvalue weighted by molar-refractivity contribution is 5.98. The summed E-state index contributed by atoms with van der Waals surface area (Å²) in [4.78, 5) is 14.9. The van der Waals surface area contributed by atoms with Gasteiger partial charge in [-0.25, -0.2) is 0 Å². The molecule has 1 N–H and O–H groups in total. The molecule has 0 bridgehead atoms. The topological polar surface area (TPSA) is 50.8 Å². The number of nitrogens with one attached hydrogen (secondary N) is 1. The van der Waals surface area contributed by atoms with E-state index in [-0.39, 0.29) is 5.91 Å². The van der Waals surface area contributed by atoms with Crippen molar-refractivity contribution >= 4 is 5.91 Å². The number of carbonyl (C=O) groups excluding carboxylic acids is 1. The van der Waals surface area contributed by atoms with Crippen molar-refractivity contribution in [2.75, 3.05) is 32.8 Å². The number of benzene rings is 1. The number of nitrogens with zero attached hydrogens (tertiary/aromatic N) is 1. The van der Waals surface area contributed by atoms with Crippen LogP contribution in [0.3, 0.4) is 0 Å². The number of para-hydroxylation sites is 1. The van der Waals surface area contributed by atoms with Crippen LogP contribution in [0.5, 0.6) is 11.5 Å². The molecular formula is C16H22N2O3. The lowest BCUT2D eigenvalue weighted by Gasteiger charge is -2.34. The Morgan fingerprint density at radius 2 is 2.05 bits per heavy atom. The molecule has 0 unspecified atom stereocenters. The summed E-state index contributed by atoms with van der Waals surface area (Å²) < 4.78 is 11.2. The molecule has 1 aromatic carbocycles. The van der Waals surface area contributed by atoms with Gasteiger partial charge in [0.25, 0.3) is 5.91 Å². The number of hydrogen-bond acceptors (Lipinski definition) is 4. The maximum Gasteiger partial charge on any atom is 0.258 e. The third-order valence-corrected chi connectivity index (χ3v) is 4.15. The Morgan fingerprint density at radius 1 is 1.29 bits per heavy atom. The molecule has 2 heterocycles. The van der Waals surface area contributed by atoms with E-state index in [0.717, 1.165) is 25.9 Å². The van der Waals surface area contributed by atoms with Crippen molar-refractivity contribution < 1.29 is 14.3 Å². The molecule has 0 radical (unpaired) electrons. The molecule has 0 aliphatic carbocycles. The first-order valence-corrected chi connectivity index (χ1v) is 7.71. The second kappa shape index (κ2) is 6.35. The largest absolute Gasteiger partial charge is 0.486 e. The van der Waals surface area contributed by atoms with Gasteiger partial charge in [-0.2, -0.15) is 0 Å². The second-order valence-corrected chi connectivity index (χ2v) is 5.40. The molecule has 0 saturated carbocycles. The number of ether oxygens (including phenoxy) is 2. The van der Waals surface area contributed by atoms with Crippen LogP contribution in [0.25, 0.3) is 0 Å². The average Bonchev–Trinajstić information content (AvgIpc) is 2.56. The van der Waals surface area contributed by atoms with Crippen LogP contribution >= 0.6 is 0 Å². The van der Waals surface area contributed by atoms with Gasteiger partial charge < -0.3 is 19.7 Å². The zero-order valence-electron chi connectivity index (χ0n) is 12.4. The summed E-state index contributed by atoms with van der Waals surface area (Å²) in [5, 5.41) is 3.34. The normalized spacial score (nSPS) is 18.3. The quantitative estimate of drug-likeness (QED) is 0.920. The molecule has 2 aliphatic rings. The fourth-order valence-electron chi connectivity index (χ4n) is 3.08. The van der Waals surface area contributed by atoms with Crippen LogP contribution in [0, 0.1) is 0 Å². The Kier molecular flexibility index (Phi) is 4.29. The summed E-state index contributed by atoms with van der Waals surface area (Å²) in [6.07, 6.45) is 2.01. The molecule has 3 rings (SSSR count). The van der Waals surface area contributed by atoms with Gasteiger partial charge in [-0.1, -0.05) is 6.07 Å². The molecule has 5 nitrogen and oxygen atoms in total. The summed E-state index contributed by atoms with van der Waals surface area (Å²) in [5.74, 6) is 1.32. The first-order chi connectivity index (χ1) is 10.3. The van der Waals surface area contributed by atoms with E-state index < -0.39 is 0 Å². The van der Waals surface area contributed by atoms with E-state index in [1.807, 2.05) is 30.0 Å². The monoisotopic (exact) mass is 290 g/mol. The molecule has 0 aromatic heterocycles. The molecule has 1 saturated heterocycles. The Balaban J connectivity index is 1.86. The molecule has 114 valence electrons. The number of rotatable bonds is 3. The number of piperidine rings is 1. The van der Waals surface area contributed by atoms with Crippen molar-refractivity contribution in [1.29, 1.82) is 0 Å². The van der Waals surface area contributed by atoms with Crippen LogP contribution in [0.1, 0.15) is 30.1 Å².